The lowest BCUT2D eigenvalue weighted by atomic mass is 10.0. The van der Waals surface area contributed by atoms with Crippen molar-refractivity contribution in [3.8, 4) is 0 Å². The molecule has 102 valence electrons. The number of nitrogens with zero attached hydrogens (tertiary/aromatic N) is 1. The first-order chi connectivity index (χ1) is 8.34. The highest BCUT2D eigenvalue weighted by Crippen LogP contribution is 2.20. The van der Waals surface area contributed by atoms with E-state index in [2.05, 4.69) is 24.1 Å². The monoisotopic (exact) mass is 270 g/mol. The first-order valence-corrected chi connectivity index (χ1v) is 8.15. The summed E-state index contributed by atoms with van der Waals surface area (Å²) in [5.41, 5.74) is 0. The maximum Gasteiger partial charge on any atom is 0.179 e. The van der Waals surface area contributed by atoms with Crippen molar-refractivity contribution >= 4 is 15.7 Å². The van der Waals surface area contributed by atoms with Crippen molar-refractivity contribution in [3.63, 3.8) is 0 Å². The number of aromatic nitrogens is 1. The van der Waals surface area contributed by atoms with Gasteiger partial charge >= 0.3 is 0 Å². The Morgan fingerprint density at radius 3 is 2.61 bits per heavy atom. The molecule has 0 aliphatic heterocycles. The van der Waals surface area contributed by atoms with Gasteiger partial charge in [-0.2, -0.15) is 0 Å². The molecule has 0 spiro atoms. The number of pyridine rings is 1. The molecule has 0 radical (unpaired) electrons. The second-order valence-corrected chi connectivity index (χ2v) is 6.90. The summed E-state index contributed by atoms with van der Waals surface area (Å²) < 4.78 is 23.3. The van der Waals surface area contributed by atoms with Crippen molar-refractivity contribution in [2.75, 3.05) is 11.6 Å². The third-order valence-corrected chi connectivity index (χ3v) is 4.13. The lowest BCUT2D eigenvalue weighted by Crippen LogP contribution is -2.20. The molecule has 18 heavy (non-hydrogen) atoms. The average molecular weight is 270 g/mol. The van der Waals surface area contributed by atoms with Gasteiger partial charge in [-0.15, -0.1) is 0 Å². The molecule has 0 aliphatic rings. The molecule has 0 bridgehead atoms. The van der Waals surface area contributed by atoms with Gasteiger partial charge < -0.3 is 5.32 Å². The first-order valence-electron chi connectivity index (χ1n) is 6.26. The van der Waals surface area contributed by atoms with E-state index >= 15 is 0 Å². The van der Waals surface area contributed by atoms with Gasteiger partial charge in [-0.1, -0.05) is 20.3 Å². The van der Waals surface area contributed by atoms with Crippen LogP contribution in [0.3, 0.4) is 0 Å². The summed E-state index contributed by atoms with van der Waals surface area (Å²) in [5, 5.41) is 3.19. The zero-order valence-corrected chi connectivity index (χ0v) is 12.3. The molecule has 0 fully saturated rings. The Hall–Kier alpha value is -1.10. The van der Waals surface area contributed by atoms with Gasteiger partial charge in [0.25, 0.3) is 0 Å². The van der Waals surface area contributed by atoms with E-state index in [1.807, 2.05) is 6.92 Å². The summed E-state index contributed by atoms with van der Waals surface area (Å²) in [6.07, 6.45) is 4.92. The van der Waals surface area contributed by atoms with Crippen LogP contribution in [0, 0.1) is 5.92 Å². The molecule has 1 aromatic heterocycles. The first kappa shape index (κ1) is 15.0. The van der Waals surface area contributed by atoms with E-state index in [1.165, 1.54) is 6.26 Å². The Bertz CT molecular complexity index is 486. The molecule has 0 saturated heterocycles. The maximum absolute atomic E-state index is 11.6. The Kier molecular flexibility index (Phi) is 5.14. The van der Waals surface area contributed by atoms with Crippen LogP contribution in [0.15, 0.2) is 23.2 Å². The molecule has 0 amide bonds. The molecule has 0 aromatic carbocycles. The van der Waals surface area contributed by atoms with E-state index in [0.29, 0.717) is 11.7 Å². The van der Waals surface area contributed by atoms with Gasteiger partial charge in [0.15, 0.2) is 9.84 Å². The molecule has 0 saturated carbocycles. The number of rotatable bonds is 6. The minimum atomic E-state index is -3.24. The Balaban J connectivity index is 2.85. The topological polar surface area (TPSA) is 59.1 Å². The average Bonchev–Trinajstić information content (AvgIpc) is 2.27. The van der Waals surface area contributed by atoms with Crippen LogP contribution in [0.5, 0.6) is 0 Å². The van der Waals surface area contributed by atoms with Gasteiger partial charge in [0.2, 0.25) is 0 Å². The lowest BCUT2D eigenvalue weighted by Gasteiger charge is -2.19. The summed E-state index contributed by atoms with van der Waals surface area (Å²) in [6, 6.07) is 3.43. The van der Waals surface area contributed by atoms with Crippen LogP contribution in [0.4, 0.5) is 5.82 Å². The Labute approximate surface area is 110 Å². The zero-order valence-electron chi connectivity index (χ0n) is 11.5. The fourth-order valence-corrected chi connectivity index (χ4v) is 2.65. The molecule has 1 heterocycles. The van der Waals surface area contributed by atoms with Crippen molar-refractivity contribution in [1.29, 1.82) is 0 Å². The minimum Gasteiger partial charge on any atom is -0.367 e. The minimum absolute atomic E-state index is 0.204. The van der Waals surface area contributed by atoms with Crippen LogP contribution >= 0.6 is 0 Å². The van der Waals surface area contributed by atoms with Gasteiger partial charge in [-0.25, -0.2) is 13.4 Å². The van der Waals surface area contributed by atoms with Gasteiger partial charge in [0.05, 0.1) is 0 Å². The Morgan fingerprint density at radius 1 is 1.39 bits per heavy atom. The SMILES string of the molecule is CCC(C)CC(C)Nc1ncccc1S(C)(=O)=O. The van der Waals surface area contributed by atoms with E-state index in [1.54, 1.807) is 18.3 Å². The summed E-state index contributed by atoms with van der Waals surface area (Å²) in [4.78, 5) is 4.39. The normalized spacial score (nSPS) is 15.1. The molecule has 5 heteroatoms. The van der Waals surface area contributed by atoms with E-state index < -0.39 is 9.84 Å². The Morgan fingerprint density at radius 2 is 2.06 bits per heavy atom. The van der Waals surface area contributed by atoms with Crippen LogP contribution in [0.25, 0.3) is 0 Å². The fraction of sp³-hybridized carbons (Fsp3) is 0.615. The molecule has 2 unspecified atom stereocenters. The van der Waals surface area contributed by atoms with E-state index in [9.17, 15) is 8.42 Å². The van der Waals surface area contributed by atoms with E-state index in [4.69, 9.17) is 0 Å². The van der Waals surface area contributed by atoms with Crippen molar-refractivity contribution in [2.45, 2.75) is 44.6 Å². The largest absolute Gasteiger partial charge is 0.367 e. The summed E-state index contributed by atoms with van der Waals surface area (Å²) in [7, 11) is -3.24. The third kappa shape index (κ3) is 4.29. The molecule has 1 rings (SSSR count). The van der Waals surface area contributed by atoms with Gasteiger partial charge in [-0.3, -0.25) is 0 Å². The standard InChI is InChI=1S/C13H22N2O2S/c1-5-10(2)9-11(3)15-13-12(18(4,16)17)7-6-8-14-13/h6-8,10-11H,5,9H2,1-4H3,(H,14,15). The molecular formula is C13H22N2O2S. The van der Waals surface area contributed by atoms with Crippen LogP contribution in [-0.4, -0.2) is 25.7 Å². The number of nitrogens with one attached hydrogen (secondary N) is 1. The van der Waals surface area contributed by atoms with Crippen molar-refractivity contribution < 1.29 is 8.42 Å². The molecule has 1 aromatic rings. The highest BCUT2D eigenvalue weighted by molar-refractivity contribution is 7.90. The van der Waals surface area contributed by atoms with E-state index in [-0.39, 0.29) is 10.9 Å². The van der Waals surface area contributed by atoms with E-state index in [0.717, 1.165) is 12.8 Å². The van der Waals surface area contributed by atoms with Crippen LogP contribution in [0.1, 0.15) is 33.6 Å². The highest BCUT2D eigenvalue weighted by Gasteiger charge is 2.16. The van der Waals surface area contributed by atoms with Gasteiger partial charge in [-0.05, 0) is 31.4 Å². The van der Waals surface area contributed by atoms with Crippen molar-refractivity contribution in [1.82, 2.24) is 4.98 Å². The van der Waals surface area contributed by atoms with Crippen LogP contribution < -0.4 is 5.32 Å². The number of hydrogen-bond donors (Lipinski definition) is 1. The summed E-state index contributed by atoms with van der Waals surface area (Å²) >= 11 is 0. The number of sulfone groups is 1. The smallest absolute Gasteiger partial charge is 0.179 e. The predicted molar refractivity (Wildman–Crippen MR) is 74.5 cm³/mol. The van der Waals surface area contributed by atoms with Crippen molar-refractivity contribution in [3.05, 3.63) is 18.3 Å². The van der Waals surface area contributed by atoms with Crippen molar-refractivity contribution in [2.24, 2.45) is 5.92 Å². The van der Waals surface area contributed by atoms with Gasteiger partial charge in [0.1, 0.15) is 10.7 Å². The number of hydrogen-bond acceptors (Lipinski definition) is 4. The molecule has 4 nitrogen and oxygen atoms in total. The predicted octanol–water partition coefficient (Wildman–Crippen LogP) is 2.72. The zero-order chi connectivity index (χ0) is 13.8. The van der Waals surface area contributed by atoms with Crippen LogP contribution in [-0.2, 0) is 9.84 Å². The fourth-order valence-electron chi connectivity index (χ4n) is 1.86. The van der Waals surface area contributed by atoms with Gasteiger partial charge in [0, 0.05) is 18.5 Å². The second kappa shape index (κ2) is 6.18. The summed E-state index contributed by atoms with van der Waals surface area (Å²) in [5.74, 6) is 1.06. The lowest BCUT2D eigenvalue weighted by molar-refractivity contribution is 0.482. The summed E-state index contributed by atoms with van der Waals surface area (Å²) in [6.45, 7) is 6.39. The quantitative estimate of drug-likeness (QED) is 0.863. The number of anilines is 1. The molecule has 2 atom stereocenters. The van der Waals surface area contributed by atoms with Crippen LogP contribution in [0.2, 0.25) is 0 Å². The molecule has 0 aliphatic carbocycles. The maximum atomic E-state index is 11.6. The molecule has 1 N–H and O–H groups in total. The highest BCUT2D eigenvalue weighted by atomic mass is 32.2. The second-order valence-electron chi connectivity index (χ2n) is 4.92. The molecular weight excluding hydrogens is 248 g/mol. The third-order valence-electron chi connectivity index (χ3n) is 3.01.